The lowest BCUT2D eigenvalue weighted by molar-refractivity contribution is 0.0408. The first-order chi connectivity index (χ1) is 8.75. The third-order valence-electron chi connectivity index (χ3n) is 4.77. The number of hydrogen-bond acceptors (Lipinski definition) is 2. The smallest absolute Gasteiger partial charge is 0.0269 e. The highest BCUT2D eigenvalue weighted by atomic mass is 15.2. The van der Waals surface area contributed by atoms with Crippen LogP contribution in [-0.2, 0) is 0 Å². The Morgan fingerprint density at radius 1 is 1.21 bits per heavy atom. The molecule has 1 N–H and O–H groups in total. The van der Waals surface area contributed by atoms with E-state index in [9.17, 15) is 0 Å². The molecule has 2 heteroatoms. The van der Waals surface area contributed by atoms with E-state index in [-0.39, 0.29) is 0 Å². The van der Waals surface area contributed by atoms with Gasteiger partial charge in [0.2, 0.25) is 0 Å². The average Bonchev–Trinajstić information content (AvgIpc) is 2.33. The third kappa shape index (κ3) is 5.07. The topological polar surface area (TPSA) is 15.3 Å². The molecule has 1 fully saturated rings. The molecule has 1 aliphatic rings. The van der Waals surface area contributed by atoms with Crippen molar-refractivity contribution >= 4 is 0 Å². The second-order valence-corrected chi connectivity index (χ2v) is 7.96. The molecule has 19 heavy (non-hydrogen) atoms. The quantitative estimate of drug-likeness (QED) is 0.816. The second kappa shape index (κ2) is 7.08. The van der Waals surface area contributed by atoms with Gasteiger partial charge in [0, 0.05) is 25.2 Å². The van der Waals surface area contributed by atoms with Crippen LogP contribution in [0.2, 0.25) is 0 Å². The number of hydrogen-bond donors (Lipinski definition) is 1. The molecule has 3 unspecified atom stereocenters. The first kappa shape index (κ1) is 17.0. The lowest BCUT2D eigenvalue weighted by atomic mass is 9.82. The Bertz CT molecular complexity index is 254. The van der Waals surface area contributed by atoms with Crippen LogP contribution in [-0.4, -0.2) is 36.6 Å². The summed E-state index contributed by atoms with van der Waals surface area (Å²) >= 11 is 0. The molecule has 0 aromatic heterocycles. The van der Waals surface area contributed by atoms with Crippen molar-refractivity contribution in [3.05, 3.63) is 0 Å². The van der Waals surface area contributed by atoms with Crippen LogP contribution in [0, 0.1) is 17.3 Å². The minimum Gasteiger partial charge on any atom is -0.311 e. The van der Waals surface area contributed by atoms with E-state index in [1.807, 2.05) is 0 Å². The van der Waals surface area contributed by atoms with E-state index in [1.54, 1.807) is 0 Å². The molecule has 1 saturated heterocycles. The fraction of sp³-hybridized carbons (Fsp3) is 1.00. The Morgan fingerprint density at radius 3 is 2.32 bits per heavy atom. The molecule has 0 bridgehead atoms. The number of rotatable bonds is 5. The molecule has 114 valence electrons. The maximum absolute atomic E-state index is 3.80. The summed E-state index contributed by atoms with van der Waals surface area (Å²) in [4.78, 5) is 2.76. The number of nitrogens with zero attached hydrogens (tertiary/aromatic N) is 1. The summed E-state index contributed by atoms with van der Waals surface area (Å²) in [5, 5.41) is 3.80. The molecule has 0 spiro atoms. The second-order valence-electron chi connectivity index (χ2n) is 7.96. The van der Waals surface area contributed by atoms with Gasteiger partial charge >= 0.3 is 0 Å². The van der Waals surface area contributed by atoms with Crippen LogP contribution in [0.5, 0.6) is 0 Å². The average molecular weight is 268 g/mol. The molecule has 2 nitrogen and oxygen atoms in total. The Kier molecular flexibility index (Phi) is 6.32. The molecule has 0 aliphatic carbocycles. The van der Waals surface area contributed by atoms with Crippen LogP contribution >= 0.6 is 0 Å². The fourth-order valence-corrected chi connectivity index (χ4v) is 3.03. The van der Waals surface area contributed by atoms with Gasteiger partial charge in [-0.2, -0.15) is 0 Å². The molecule has 0 aromatic rings. The molecule has 1 rings (SSSR count). The summed E-state index contributed by atoms with van der Waals surface area (Å²) in [6.45, 7) is 20.1. The Balaban J connectivity index is 2.68. The zero-order chi connectivity index (χ0) is 14.6. The van der Waals surface area contributed by atoms with Crippen LogP contribution in [0.3, 0.4) is 0 Å². The highest BCUT2D eigenvalue weighted by molar-refractivity contribution is 4.93. The first-order valence-electron chi connectivity index (χ1n) is 8.23. The van der Waals surface area contributed by atoms with Gasteiger partial charge in [0.25, 0.3) is 0 Å². The van der Waals surface area contributed by atoms with Crippen molar-refractivity contribution in [1.82, 2.24) is 10.2 Å². The summed E-state index contributed by atoms with van der Waals surface area (Å²) in [5.74, 6) is 1.58. The van der Waals surface area contributed by atoms with Crippen molar-refractivity contribution < 1.29 is 0 Å². The van der Waals surface area contributed by atoms with Crippen molar-refractivity contribution in [1.29, 1.82) is 0 Å². The normalized spacial score (nSPS) is 27.8. The SMILES string of the molecule is CCC(C)C1CN(CCC(C)C)C(C(C)(C)C)CN1. The van der Waals surface area contributed by atoms with Crippen molar-refractivity contribution in [2.45, 2.75) is 73.4 Å². The van der Waals surface area contributed by atoms with E-state index in [4.69, 9.17) is 0 Å². The minimum atomic E-state index is 0.365. The zero-order valence-electron chi connectivity index (χ0n) is 14.3. The summed E-state index contributed by atoms with van der Waals surface area (Å²) in [6.07, 6.45) is 2.59. The Labute approximate surface area is 121 Å². The highest BCUT2D eigenvalue weighted by Crippen LogP contribution is 2.28. The largest absolute Gasteiger partial charge is 0.311 e. The number of nitrogens with one attached hydrogen (secondary N) is 1. The van der Waals surface area contributed by atoms with E-state index in [2.05, 4.69) is 58.7 Å². The molecule has 1 heterocycles. The van der Waals surface area contributed by atoms with Gasteiger partial charge in [-0.3, -0.25) is 4.90 Å². The van der Waals surface area contributed by atoms with Gasteiger partial charge in [0.15, 0.2) is 0 Å². The standard InChI is InChI=1S/C17H36N2/c1-8-14(4)15-12-19(10-9-13(2)3)16(11-18-15)17(5,6)7/h13-16,18H,8-12H2,1-7H3. The summed E-state index contributed by atoms with van der Waals surface area (Å²) in [6, 6.07) is 1.35. The minimum absolute atomic E-state index is 0.365. The van der Waals surface area contributed by atoms with E-state index >= 15 is 0 Å². The van der Waals surface area contributed by atoms with Gasteiger partial charge < -0.3 is 5.32 Å². The van der Waals surface area contributed by atoms with Gasteiger partial charge in [-0.1, -0.05) is 54.9 Å². The third-order valence-corrected chi connectivity index (χ3v) is 4.77. The van der Waals surface area contributed by atoms with Crippen molar-refractivity contribution in [2.75, 3.05) is 19.6 Å². The van der Waals surface area contributed by atoms with Gasteiger partial charge in [-0.15, -0.1) is 0 Å². The maximum Gasteiger partial charge on any atom is 0.0269 e. The van der Waals surface area contributed by atoms with Gasteiger partial charge in [-0.05, 0) is 30.2 Å². The van der Waals surface area contributed by atoms with Crippen molar-refractivity contribution in [3.8, 4) is 0 Å². The molecular weight excluding hydrogens is 232 g/mol. The van der Waals surface area contributed by atoms with Gasteiger partial charge in [-0.25, -0.2) is 0 Å². The monoisotopic (exact) mass is 268 g/mol. The first-order valence-corrected chi connectivity index (χ1v) is 8.23. The van der Waals surface area contributed by atoms with Crippen LogP contribution < -0.4 is 5.32 Å². The predicted molar refractivity (Wildman–Crippen MR) is 85.5 cm³/mol. The molecular formula is C17H36N2. The van der Waals surface area contributed by atoms with Gasteiger partial charge in [0.1, 0.15) is 0 Å². The van der Waals surface area contributed by atoms with Gasteiger partial charge in [0.05, 0.1) is 0 Å². The summed E-state index contributed by atoms with van der Waals surface area (Å²) < 4.78 is 0. The van der Waals surface area contributed by atoms with Crippen LogP contribution in [0.4, 0.5) is 0 Å². The fourth-order valence-electron chi connectivity index (χ4n) is 3.03. The van der Waals surface area contributed by atoms with E-state index in [1.165, 1.54) is 25.9 Å². The van der Waals surface area contributed by atoms with Crippen molar-refractivity contribution in [3.63, 3.8) is 0 Å². The van der Waals surface area contributed by atoms with Crippen LogP contribution in [0.1, 0.15) is 61.3 Å². The molecule has 1 aliphatic heterocycles. The molecule has 0 aromatic carbocycles. The van der Waals surface area contributed by atoms with Crippen molar-refractivity contribution in [2.24, 2.45) is 17.3 Å². The molecule has 0 radical (unpaired) electrons. The summed E-state index contributed by atoms with van der Waals surface area (Å²) in [5.41, 5.74) is 0.365. The Hall–Kier alpha value is -0.0800. The van der Waals surface area contributed by atoms with E-state index in [0.717, 1.165) is 18.4 Å². The summed E-state index contributed by atoms with van der Waals surface area (Å²) in [7, 11) is 0. The zero-order valence-corrected chi connectivity index (χ0v) is 14.3. The van der Waals surface area contributed by atoms with E-state index < -0.39 is 0 Å². The predicted octanol–water partition coefficient (Wildman–Crippen LogP) is 3.77. The highest BCUT2D eigenvalue weighted by Gasteiger charge is 2.36. The van der Waals surface area contributed by atoms with Crippen LogP contribution in [0.25, 0.3) is 0 Å². The molecule has 3 atom stereocenters. The molecule has 0 amide bonds. The van der Waals surface area contributed by atoms with E-state index in [0.29, 0.717) is 17.5 Å². The Morgan fingerprint density at radius 2 is 1.84 bits per heavy atom. The lowest BCUT2D eigenvalue weighted by Gasteiger charge is -2.48. The molecule has 0 saturated carbocycles. The lowest BCUT2D eigenvalue weighted by Crippen LogP contribution is -2.62. The maximum atomic E-state index is 3.80. The van der Waals surface area contributed by atoms with Crippen LogP contribution in [0.15, 0.2) is 0 Å². The number of piperazine rings is 1.